The minimum Gasteiger partial charge on any atom is -0.0838 e. The largest absolute Gasteiger partial charge is 0.0838 e. The smallest absolute Gasteiger partial charge is 0.0216 e. The van der Waals surface area contributed by atoms with Crippen LogP contribution < -0.4 is 0 Å². The Morgan fingerprint density at radius 1 is 1.31 bits per heavy atom. The van der Waals surface area contributed by atoms with Gasteiger partial charge in [-0.05, 0) is 37.5 Å². The highest BCUT2D eigenvalue weighted by atomic mass is 79.9. The highest BCUT2D eigenvalue weighted by Gasteiger charge is 2.40. The molecule has 2 atom stereocenters. The highest BCUT2D eigenvalue weighted by molar-refractivity contribution is 9.10. The number of hydrogen-bond acceptors (Lipinski definition) is 0. The standard InChI is InChI=1S/C15H15Br/c1-9(2)10-5-3-6-11-14(10)12-7-4-8-13(16)15(11)12/h3-4,6-8,11,14H,5H2,1-2H3. The summed E-state index contributed by atoms with van der Waals surface area (Å²) < 4.78 is 1.27. The molecule has 1 aromatic rings. The second-order valence-corrected chi connectivity index (χ2v) is 5.76. The summed E-state index contributed by atoms with van der Waals surface area (Å²) in [5.41, 5.74) is 6.14. The maximum Gasteiger partial charge on any atom is 0.0216 e. The van der Waals surface area contributed by atoms with E-state index >= 15 is 0 Å². The Kier molecular flexibility index (Phi) is 2.32. The first-order chi connectivity index (χ1) is 7.70. The maximum absolute atomic E-state index is 3.67. The average Bonchev–Trinajstić information content (AvgIpc) is 2.24. The van der Waals surface area contributed by atoms with E-state index in [0.29, 0.717) is 11.8 Å². The van der Waals surface area contributed by atoms with E-state index < -0.39 is 0 Å². The topological polar surface area (TPSA) is 0 Å². The molecule has 0 nitrogen and oxygen atoms in total. The first-order valence-electron chi connectivity index (χ1n) is 5.81. The van der Waals surface area contributed by atoms with Crippen LogP contribution in [0.2, 0.25) is 0 Å². The Hall–Kier alpha value is -0.820. The molecule has 1 aromatic carbocycles. The minimum absolute atomic E-state index is 0.615. The van der Waals surface area contributed by atoms with Crippen molar-refractivity contribution in [3.8, 4) is 0 Å². The van der Waals surface area contributed by atoms with Crippen molar-refractivity contribution < 1.29 is 0 Å². The van der Waals surface area contributed by atoms with Crippen molar-refractivity contribution in [1.29, 1.82) is 0 Å². The summed E-state index contributed by atoms with van der Waals surface area (Å²) in [5.74, 6) is 1.27. The summed E-state index contributed by atoms with van der Waals surface area (Å²) in [6.45, 7) is 4.48. The maximum atomic E-state index is 3.67. The predicted molar refractivity (Wildman–Crippen MR) is 71.8 cm³/mol. The predicted octanol–water partition coefficient (Wildman–Crippen LogP) is 4.93. The first kappa shape index (κ1) is 10.3. The van der Waals surface area contributed by atoms with Crippen LogP contribution in [-0.2, 0) is 0 Å². The van der Waals surface area contributed by atoms with Crippen LogP contribution in [0.4, 0.5) is 0 Å². The number of benzene rings is 1. The minimum atomic E-state index is 0.615. The van der Waals surface area contributed by atoms with Crippen molar-refractivity contribution in [3.05, 3.63) is 57.1 Å². The van der Waals surface area contributed by atoms with Crippen LogP contribution in [0, 0.1) is 0 Å². The van der Waals surface area contributed by atoms with Gasteiger partial charge in [0.2, 0.25) is 0 Å². The molecule has 82 valence electrons. The van der Waals surface area contributed by atoms with Crippen LogP contribution in [0.1, 0.15) is 43.2 Å². The van der Waals surface area contributed by atoms with Crippen LogP contribution in [0.3, 0.4) is 0 Å². The third-order valence-electron chi connectivity index (χ3n) is 3.81. The summed E-state index contributed by atoms with van der Waals surface area (Å²) in [4.78, 5) is 0. The quantitative estimate of drug-likeness (QED) is 0.589. The van der Waals surface area contributed by atoms with Crippen molar-refractivity contribution in [2.24, 2.45) is 0 Å². The van der Waals surface area contributed by atoms with Gasteiger partial charge in [0.15, 0.2) is 0 Å². The van der Waals surface area contributed by atoms with Crippen molar-refractivity contribution in [2.45, 2.75) is 32.1 Å². The lowest BCUT2D eigenvalue weighted by Gasteiger charge is -2.43. The molecule has 2 aliphatic rings. The molecular weight excluding hydrogens is 260 g/mol. The van der Waals surface area contributed by atoms with E-state index in [1.807, 2.05) is 0 Å². The summed E-state index contributed by atoms with van der Waals surface area (Å²) in [6.07, 6.45) is 5.84. The van der Waals surface area contributed by atoms with Crippen LogP contribution in [0.15, 0.2) is 46.0 Å². The number of rotatable bonds is 0. The molecular formula is C15H15Br. The van der Waals surface area contributed by atoms with E-state index in [2.05, 4.69) is 60.1 Å². The molecule has 0 aromatic heterocycles. The fourth-order valence-electron chi connectivity index (χ4n) is 3.04. The number of hydrogen-bond donors (Lipinski definition) is 0. The first-order valence-corrected chi connectivity index (χ1v) is 6.60. The zero-order chi connectivity index (χ0) is 11.3. The second kappa shape index (κ2) is 3.59. The molecule has 0 heterocycles. The summed E-state index contributed by atoms with van der Waals surface area (Å²) in [7, 11) is 0. The zero-order valence-electron chi connectivity index (χ0n) is 9.63. The zero-order valence-corrected chi connectivity index (χ0v) is 11.2. The molecule has 0 bridgehead atoms. The van der Waals surface area contributed by atoms with Gasteiger partial charge in [-0.1, -0.05) is 51.4 Å². The van der Waals surface area contributed by atoms with Gasteiger partial charge in [0.05, 0.1) is 0 Å². The lowest BCUT2D eigenvalue weighted by molar-refractivity contribution is 0.577. The van der Waals surface area contributed by atoms with Gasteiger partial charge >= 0.3 is 0 Å². The van der Waals surface area contributed by atoms with E-state index in [0.717, 1.165) is 6.42 Å². The molecule has 2 aliphatic carbocycles. The third-order valence-corrected chi connectivity index (χ3v) is 4.50. The monoisotopic (exact) mass is 274 g/mol. The molecule has 3 rings (SSSR count). The van der Waals surface area contributed by atoms with Crippen LogP contribution >= 0.6 is 15.9 Å². The Morgan fingerprint density at radius 3 is 2.88 bits per heavy atom. The van der Waals surface area contributed by atoms with Crippen molar-refractivity contribution in [3.63, 3.8) is 0 Å². The molecule has 0 radical (unpaired) electrons. The number of fused-ring (bicyclic) bond motifs is 4. The Bertz CT molecular complexity index is 504. The van der Waals surface area contributed by atoms with E-state index in [1.54, 1.807) is 5.57 Å². The van der Waals surface area contributed by atoms with Gasteiger partial charge in [-0.3, -0.25) is 0 Å². The van der Waals surface area contributed by atoms with Crippen LogP contribution in [0.25, 0.3) is 0 Å². The molecule has 0 saturated carbocycles. The number of allylic oxidation sites excluding steroid dienone is 4. The summed E-state index contributed by atoms with van der Waals surface area (Å²) in [6, 6.07) is 6.59. The van der Waals surface area contributed by atoms with Crippen LogP contribution in [0.5, 0.6) is 0 Å². The van der Waals surface area contributed by atoms with Gasteiger partial charge < -0.3 is 0 Å². The highest BCUT2D eigenvalue weighted by Crippen LogP contribution is 2.57. The third kappa shape index (κ3) is 1.27. The SMILES string of the molecule is CC(C)=C1CC=CC2c3c(Br)cccc3C12. The van der Waals surface area contributed by atoms with Gasteiger partial charge in [0.25, 0.3) is 0 Å². The van der Waals surface area contributed by atoms with Gasteiger partial charge in [-0.2, -0.15) is 0 Å². The lowest BCUT2D eigenvalue weighted by atomic mass is 9.61. The van der Waals surface area contributed by atoms with Gasteiger partial charge in [-0.25, -0.2) is 0 Å². The van der Waals surface area contributed by atoms with E-state index in [-0.39, 0.29) is 0 Å². The lowest BCUT2D eigenvalue weighted by Crippen LogP contribution is -2.27. The molecule has 16 heavy (non-hydrogen) atoms. The molecule has 0 aliphatic heterocycles. The van der Waals surface area contributed by atoms with E-state index in [9.17, 15) is 0 Å². The molecule has 0 N–H and O–H groups in total. The second-order valence-electron chi connectivity index (χ2n) is 4.90. The fourth-order valence-corrected chi connectivity index (χ4v) is 3.68. The van der Waals surface area contributed by atoms with Gasteiger partial charge in [0.1, 0.15) is 0 Å². The number of halogens is 1. The fraction of sp³-hybridized carbons (Fsp3) is 0.333. The average molecular weight is 275 g/mol. The Morgan fingerprint density at radius 2 is 2.12 bits per heavy atom. The van der Waals surface area contributed by atoms with Crippen molar-refractivity contribution >= 4 is 15.9 Å². The van der Waals surface area contributed by atoms with Gasteiger partial charge in [0, 0.05) is 16.3 Å². The normalized spacial score (nSPS) is 25.8. The molecule has 0 spiro atoms. The Labute approximate surface area is 105 Å². The van der Waals surface area contributed by atoms with Crippen LogP contribution in [-0.4, -0.2) is 0 Å². The van der Waals surface area contributed by atoms with E-state index in [1.165, 1.54) is 21.2 Å². The molecule has 0 amide bonds. The van der Waals surface area contributed by atoms with Crippen molar-refractivity contribution in [1.82, 2.24) is 0 Å². The molecule has 0 saturated heterocycles. The molecule has 0 fully saturated rings. The van der Waals surface area contributed by atoms with Crippen molar-refractivity contribution in [2.75, 3.05) is 0 Å². The van der Waals surface area contributed by atoms with E-state index in [4.69, 9.17) is 0 Å². The summed E-state index contributed by atoms with van der Waals surface area (Å²) in [5, 5.41) is 0. The molecule has 1 heteroatoms. The Balaban J connectivity index is 2.17. The molecule has 2 unspecified atom stereocenters. The summed E-state index contributed by atoms with van der Waals surface area (Å²) >= 11 is 3.67. The van der Waals surface area contributed by atoms with Gasteiger partial charge in [-0.15, -0.1) is 0 Å².